The molecule has 3 aromatic rings. The number of benzene rings is 3. The van der Waals surface area contributed by atoms with Gasteiger partial charge in [-0.1, -0.05) is 19.3 Å². The normalized spacial score (nSPS) is 20.0. The third kappa shape index (κ3) is 10.3. The van der Waals surface area contributed by atoms with Gasteiger partial charge >= 0.3 is 216 Å². The van der Waals surface area contributed by atoms with Crippen LogP contribution in [0.3, 0.4) is 0 Å². The molecule has 4 fully saturated rings. The van der Waals surface area contributed by atoms with Crippen molar-refractivity contribution in [3.05, 3.63) is 93.5 Å². The monoisotopic (exact) mass is 863 g/mol. The fourth-order valence-electron chi connectivity index (χ4n) is 10.6. The van der Waals surface area contributed by atoms with Crippen molar-refractivity contribution < 1.29 is 11.9 Å². The second kappa shape index (κ2) is 19.2. The molecule has 0 spiro atoms. The zero-order valence-corrected chi connectivity index (χ0v) is 38.0. The summed E-state index contributed by atoms with van der Waals surface area (Å²) in [6, 6.07) is 19.3. The molecule has 3 aromatic carbocycles. The molecule has 0 unspecified atom stereocenters. The number of hydrogen-bond donors (Lipinski definition) is 0. The van der Waals surface area contributed by atoms with E-state index in [1.807, 2.05) is 18.2 Å². The molecule has 0 aromatic heterocycles. The van der Waals surface area contributed by atoms with Crippen LogP contribution in [0.5, 0.6) is 0 Å². The van der Waals surface area contributed by atoms with E-state index in [9.17, 15) is 0 Å². The van der Waals surface area contributed by atoms with Crippen molar-refractivity contribution in [1.29, 1.82) is 0 Å². The number of halogens is 2. The van der Waals surface area contributed by atoms with E-state index in [0.29, 0.717) is 0 Å². The van der Waals surface area contributed by atoms with E-state index in [4.69, 9.17) is 19.4 Å². The molecule has 0 radical (unpaired) electrons. The molecule has 0 amide bonds. The van der Waals surface area contributed by atoms with Gasteiger partial charge in [0.2, 0.25) is 0 Å². The first-order valence-corrected chi connectivity index (χ1v) is 29.1. The summed E-state index contributed by atoms with van der Waals surface area (Å²) in [7, 11) is 14.9. The van der Waals surface area contributed by atoms with Crippen LogP contribution in [0, 0.1) is 41.5 Å². The summed E-state index contributed by atoms with van der Waals surface area (Å²) in [5.41, 5.74) is 14.8. The fourth-order valence-corrected chi connectivity index (χ4v) is 21.9. The summed E-state index contributed by atoms with van der Waals surface area (Å²) in [5.74, 6) is 0. The van der Waals surface area contributed by atoms with Gasteiger partial charge in [-0.05, 0) is 77.0 Å². The molecule has 53 heavy (non-hydrogen) atoms. The van der Waals surface area contributed by atoms with E-state index in [2.05, 4.69) is 92.3 Å². The third-order valence-electron chi connectivity index (χ3n) is 12.5. The summed E-state index contributed by atoms with van der Waals surface area (Å²) in [6.07, 6.45) is 24.8. The van der Waals surface area contributed by atoms with Crippen LogP contribution in [0.25, 0.3) is 0 Å². The summed E-state index contributed by atoms with van der Waals surface area (Å²) in [4.78, 5) is 4.86. The summed E-state index contributed by atoms with van der Waals surface area (Å²) in [6.45, 7) is 14.9. The number of rotatable bonds is 6. The van der Waals surface area contributed by atoms with Crippen LogP contribution < -0.4 is 9.80 Å². The molecular weight excluding hydrogens is 795 g/mol. The minimum atomic E-state index is -3.48. The van der Waals surface area contributed by atoms with Crippen LogP contribution in [-0.4, -0.2) is 39.0 Å². The van der Waals surface area contributed by atoms with Crippen molar-refractivity contribution in [3.63, 3.8) is 0 Å². The molecule has 0 N–H and O–H groups in total. The summed E-state index contributed by atoms with van der Waals surface area (Å²) < 4.78 is 3.21. The average molecular weight is 864 g/mol. The summed E-state index contributed by atoms with van der Waals surface area (Å²) >= 11 is -3.48. The third-order valence-corrected chi connectivity index (χ3v) is 22.6. The van der Waals surface area contributed by atoms with E-state index < -0.39 is 11.9 Å². The van der Waals surface area contributed by atoms with Gasteiger partial charge in [0.1, 0.15) is 0 Å². The Morgan fingerprint density at radius 1 is 0.528 bits per heavy atom. The van der Waals surface area contributed by atoms with E-state index in [1.54, 1.807) is 96.3 Å². The van der Waals surface area contributed by atoms with Crippen LogP contribution in [-0.2, 0) is 11.9 Å². The second-order valence-electron chi connectivity index (χ2n) is 16.9. The maximum atomic E-state index is 7.47. The maximum absolute atomic E-state index is 7.47. The van der Waals surface area contributed by atoms with Crippen molar-refractivity contribution in [2.45, 2.75) is 161 Å². The fraction of sp³-hybridized carbons (Fsp3) is 0.574. The van der Waals surface area contributed by atoms with Crippen LogP contribution in [0.2, 0.25) is 0 Å². The first-order valence-electron chi connectivity index (χ1n) is 21.0. The van der Waals surface area contributed by atoms with Crippen LogP contribution in [0.1, 0.15) is 142 Å². The Morgan fingerprint density at radius 2 is 0.887 bits per heavy atom. The topological polar surface area (TPSA) is 6.48 Å². The van der Waals surface area contributed by atoms with Crippen molar-refractivity contribution >= 4 is 47.6 Å². The minimum absolute atomic E-state index is 0.0465. The van der Waals surface area contributed by atoms with Gasteiger partial charge in [-0.2, -0.15) is 0 Å². The van der Waals surface area contributed by atoms with Crippen LogP contribution in [0.4, 0.5) is 11.4 Å². The number of aryl methyl sites for hydroxylation is 6. The quantitative estimate of drug-likeness (QED) is 0.180. The molecule has 0 atom stereocenters. The van der Waals surface area contributed by atoms with Crippen molar-refractivity contribution in [3.8, 4) is 0 Å². The standard InChI is InChI=1S/C22H28N2.C18H33P.C7H6.2ClH.Ru/c1-15-10-17(3)21(18(4)11-15)23-8-7-9-24(14-23)22-19(5)12-16(2)13-20(22)6;1-4-10-16(11-5-1)19(17-12-6-2-7-13-17)18-14-8-3-9-15-18;1-7-5-3-2-4-6-7;;;/h10-13H,7-9H2,1-6H3;16-18H,1-15H2;1-6H;2*1H;/q;;;;;+2/p-1. The van der Waals surface area contributed by atoms with E-state index in [-0.39, 0.29) is 7.92 Å². The van der Waals surface area contributed by atoms with Crippen molar-refractivity contribution in [2.24, 2.45) is 0 Å². The Hall–Kier alpha value is -1.37. The molecule has 4 aliphatic rings. The average Bonchev–Trinajstić information content (AvgIpc) is 3.13. The van der Waals surface area contributed by atoms with Crippen LogP contribution in [0.15, 0.2) is 54.6 Å². The molecule has 292 valence electrons. The first kappa shape index (κ1) is 41.3. The van der Waals surface area contributed by atoms with Gasteiger partial charge < -0.3 is 0 Å². The number of hydrogen-bond acceptors (Lipinski definition) is 2. The molecule has 3 aliphatic carbocycles. The van der Waals surface area contributed by atoms with E-state index in [1.165, 1.54) is 61.7 Å². The zero-order valence-electron chi connectivity index (χ0n) is 33.7. The summed E-state index contributed by atoms with van der Waals surface area (Å²) in [5, 5.41) is 0. The van der Waals surface area contributed by atoms with Crippen molar-refractivity contribution in [2.75, 3.05) is 22.9 Å². The molecule has 1 saturated heterocycles. The SMILES string of the molecule is C1CCC([PH+](C2CCCCC2)C2CCCCC2)CC1.Cc1cc(C)c(N2CCCN(c3c(C)cc(C)cc3C)[C]2=[Ru]([Cl])([Cl])=[CH]c2ccccc2)c(C)c1. The molecule has 0 bridgehead atoms. The Morgan fingerprint density at radius 3 is 1.25 bits per heavy atom. The Labute approximate surface area is 335 Å². The Bertz CT molecular complexity index is 1630. The molecule has 1 aliphatic heterocycles. The van der Waals surface area contributed by atoms with Crippen molar-refractivity contribution in [1.82, 2.24) is 0 Å². The second-order valence-corrected chi connectivity index (χ2v) is 29.6. The van der Waals surface area contributed by atoms with Gasteiger partial charge in [0, 0.05) is 7.92 Å². The van der Waals surface area contributed by atoms with Gasteiger partial charge in [-0.25, -0.2) is 0 Å². The molecule has 1 heterocycles. The molecular formula is C47H68Cl2N2PRu+. The Balaban J connectivity index is 0.000000213. The molecule has 7 rings (SSSR count). The molecule has 6 heteroatoms. The van der Waals surface area contributed by atoms with Gasteiger partial charge in [-0.15, -0.1) is 0 Å². The number of nitrogens with zero attached hydrogens (tertiary/aromatic N) is 2. The number of anilines is 2. The van der Waals surface area contributed by atoms with Gasteiger partial charge in [0.25, 0.3) is 0 Å². The van der Waals surface area contributed by atoms with Gasteiger partial charge in [0.15, 0.2) is 0 Å². The first-order chi connectivity index (χ1) is 25.5. The Kier molecular flexibility index (Phi) is 14.9. The molecule has 3 saturated carbocycles. The zero-order chi connectivity index (χ0) is 37.5. The predicted molar refractivity (Wildman–Crippen MR) is 238 cm³/mol. The predicted octanol–water partition coefficient (Wildman–Crippen LogP) is 13.9. The van der Waals surface area contributed by atoms with Gasteiger partial charge in [-0.3, -0.25) is 0 Å². The van der Waals surface area contributed by atoms with Crippen LogP contribution >= 0.6 is 27.3 Å². The van der Waals surface area contributed by atoms with Gasteiger partial charge in [0.05, 0.1) is 17.0 Å². The van der Waals surface area contributed by atoms with E-state index >= 15 is 0 Å². The molecule has 2 nitrogen and oxygen atoms in total. The van der Waals surface area contributed by atoms with E-state index in [0.717, 1.165) is 29.4 Å².